The van der Waals surface area contributed by atoms with E-state index in [1.165, 1.54) is 14.0 Å². The van der Waals surface area contributed by atoms with Crippen LogP contribution in [0.15, 0.2) is 24.3 Å². The lowest BCUT2D eigenvalue weighted by molar-refractivity contribution is -0.148. The topological polar surface area (TPSA) is 43.4 Å². The van der Waals surface area contributed by atoms with E-state index in [0.717, 1.165) is 9.13 Å². The van der Waals surface area contributed by atoms with Gasteiger partial charge in [0.2, 0.25) is 0 Å². The first-order valence-corrected chi connectivity index (χ1v) is 5.95. The van der Waals surface area contributed by atoms with Crippen LogP contribution in [0.25, 0.3) is 0 Å². The fourth-order valence-corrected chi connectivity index (χ4v) is 2.03. The van der Waals surface area contributed by atoms with Gasteiger partial charge in [-0.2, -0.15) is 0 Å². The van der Waals surface area contributed by atoms with Gasteiger partial charge in [-0.1, -0.05) is 18.2 Å². The van der Waals surface area contributed by atoms with E-state index in [9.17, 15) is 9.59 Å². The van der Waals surface area contributed by atoms with Gasteiger partial charge in [0.15, 0.2) is 0 Å². The molecule has 1 aromatic carbocycles. The number of hydrogen-bond donors (Lipinski definition) is 0. The molecule has 1 atom stereocenters. The highest BCUT2D eigenvalue weighted by Crippen LogP contribution is 2.17. The molecule has 0 aliphatic carbocycles. The molecule has 0 N–H and O–H groups in total. The molecule has 3 nitrogen and oxygen atoms in total. The fraction of sp³-hybridized carbons (Fsp3) is 0.333. The number of ketones is 1. The van der Waals surface area contributed by atoms with Crippen LogP contribution < -0.4 is 0 Å². The predicted molar refractivity (Wildman–Crippen MR) is 69.1 cm³/mol. The molecule has 0 unspecified atom stereocenters. The van der Waals surface area contributed by atoms with Crippen LogP contribution in [0, 0.1) is 9.49 Å². The first-order chi connectivity index (χ1) is 7.56. The average Bonchev–Trinajstić information content (AvgIpc) is 2.26. The minimum atomic E-state index is -0.694. The monoisotopic (exact) mass is 332 g/mol. The SMILES string of the molecule is COC(=O)[C@H](Cc1ccccc1I)C(C)=O. The van der Waals surface area contributed by atoms with Gasteiger partial charge in [-0.3, -0.25) is 9.59 Å². The fourth-order valence-electron chi connectivity index (χ4n) is 1.42. The summed E-state index contributed by atoms with van der Waals surface area (Å²) in [6.07, 6.45) is 0.404. The molecule has 1 aromatic rings. The first kappa shape index (κ1) is 13.2. The van der Waals surface area contributed by atoms with Crippen LogP contribution in [0.3, 0.4) is 0 Å². The third-order valence-electron chi connectivity index (χ3n) is 2.36. The quantitative estimate of drug-likeness (QED) is 0.482. The van der Waals surface area contributed by atoms with Crippen molar-refractivity contribution in [3.63, 3.8) is 0 Å². The van der Waals surface area contributed by atoms with E-state index in [0.29, 0.717) is 6.42 Å². The minimum absolute atomic E-state index is 0.161. The predicted octanol–water partition coefficient (Wildman–Crippen LogP) is 2.21. The summed E-state index contributed by atoms with van der Waals surface area (Å²) in [5, 5.41) is 0. The molecule has 0 saturated carbocycles. The van der Waals surface area contributed by atoms with Crippen molar-refractivity contribution in [2.24, 2.45) is 5.92 Å². The van der Waals surface area contributed by atoms with Gasteiger partial charge < -0.3 is 4.74 Å². The zero-order valence-corrected chi connectivity index (χ0v) is 11.4. The van der Waals surface area contributed by atoms with E-state index in [4.69, 9.17) is 0 Å². The number of esters is 1. The second-order valence-corrected chi connectivity index (χ2v) is 4.64. The summed E-state index contributed by atoms with van der Waals surface area (Å²) in [6, 6.07) is 7.68. The molecule has 16 heavy (non-hydrogen) atoms. The maximum absolute atomic E-state index is 11.4. The molecule has 4 heteroatoms. The molecule has 0 radical (unpaired) electrons. The zero-order valence-electron chi connectivity index (χ0n) is 9.20. The summed E-state index contributed by atoms with van der Waals surface area (Å²) in [5.74, 6) is -1.32. The van der Waals surface area contributed by atoms with Crippen molar-refractivity contribution in [2.75, 3.05) is 7.11 Å². The summed E-state index contributed by atoms with van der Waals surface area (Å²) >= 11 is 2.19. The van der Waals surface area contributed by atoms with E-state index < -0.39 is 11.9 Å². The molecular weight excluding hydrogens is 319 g/mol. The highest BCUT2D eigenvalue weighted by atomic mass is 127. The van der Waals surface area contributed by atoms with E-state index >= 15 is 0 Å². The van der Waals surface area contributed by atoms with Gasteiger partial charge in [0.25, 0.3) is 0 Å². The van der Waals surface area contributed by atoms with E-state index in [1.807, 2.05) is 24.3 Å². The Morgan fingerprint density at radius 1 is 1.38 bits per heavy atom. The number of hydrogen-bond acceptors (Lipinski definition) is 3. The molecule has 0 bridgehead atoms. The number of methoxy groups -OCH3 is 1. The summed E-state index contributed by atoms with van der Waals surface area (Å²) in [5.41, 5.74) is 0.994. The Bertz CT molecular complexity index is 401. The Hall–Kier alpha value is -0.910. The maximum atomic E-state index is 11.4. The number of benzene rings is 1. The number of halogens is 1. The Labute approximate surface area is 108 Å². The summed E-state index contributed by atoms with van der Waals surface area (Å²) in [7, 11) is 1.30. The lowest BCUT2D eigenvalue weighted by Gasteiger charge is -2.12. The van der Waals surface area contributed by atoms with Crippen LogP contribution >= 0.6 is 22.6 Å². The largest absolute Gasteiger partial charge is 0.468 e. The van der Waals surface area contributed by atoms with Crippen molar-refractivity contribution in [2.45, 2.75) is 13.3 Å². The molecule has 0 fully saturated rings. The van der Waals surface area contributed by atoms with Crippen LogP contribution in [0.5, 0.6) is 0 Å². The summed E-state index contributed by atoms with van der Waals surface area (Å²) in [4.78, 5) is 22.8. The highest BCUT2D eigenvalue weighted by Gasteiger charge is 2.24. The summed E-state index contributed by atoms with van der Waals surface area (Å²) in [6.45, 7) is 1.41. The molecule has 0 aromatic heterocycles. The molecular formula is C12H13IO3. The molecule has 0 spiro atoms. The van der Waals surface area contributed by atoms with Crippen molar-refractivity contribution >= 4 is 34.3 Å². The molecule has 0 saturated heterocycles. The van der Waals surface area contributed by atoms with Crippen LogP contribution in [-0.4, -0.2) is 18.9 Å². The minimum Gasteiger partial charge on any atom is -0.468 e. The van der Waals surface area contributed by atoms with Gasteiger partial charge in [-0.25, -0.2) is 0 Å². The third kappa shape index (κ3) is 3.30. The highest BCUT2D eigenvalue weighted by molar-refractivity contribution is 14.1. The number of Topliss-reactive ketones (excluding diaryl/α,β-unsaturated/α-hetero) is 1. The van der Waals surface area contributed by atoms with Gasteiger partial charge in [0.05, 0.1) is 7.11 Å². The first-order valence-electron chi connectivity index (χ1n) is 4.88. The molecule has 0 aliphatic heterocycles. The van der Waals surface area contributed by atoms with E-state index in [1.54, 1.807) is 0 Å². The molecule has 1 rings (SSSR count). The molecule has 0 aliphatic rings. The number of carbonyl (C=O) groups is 2. The van der Waals surface area contributed by atoms with Crippen LogP contribution in [0.4, 0.5) is 0 Å². The van der Waals surface area contributed by atoms with Gasteiger partial charge >= 0.3 is 5.97 Å². The van der Waals surface area contributed by atoms with Crippen molar-refractivity contribution in [3.05, 3.63) is 33.4 Å². The number of rotatable bonds is 4. The van der Waals surface area contributed by atoms with Crippen LogP contribution in [-0.2, 0) is 20.7 Å². The van der Waals surface area contributed by atoms with Crippen molar-refractivity contribution in [1.29, 1.82) is 0 Å². The lowest BCUT2D eigenvalue weighted by Crippen LogP contribution is -2.25. The van der Waals surface area contributed by atoms with Gasteiger partial charge in [0, 0.05) is 3.57 Å². The maximum Gasteiger partial charge on any atom is 0.316 e. The third-order valence-corrected chi connectivity index (χ3v) is 3.41. The Morgan fingerprint density at radius 3 is 2.50 bits per heavy atom. The molecule has 0 heterocycles. The summed E-state index contributed by atoms with van der Waals surface area (Å²) < 4.78 is 5.67. The van der Waals surface area contributed by atoms with Gasteiger partial charge in [-0.05, 0) is 47.6 Å². The second kappa shape index (κ2) is 5.98. The molecule has 0 amide bonds. The van der Waals surface area contributed by atoms with Crippen molar-refractivity contribution < 1.29 is 14.3 Å². The number of ether oxygens (including phenoxy) is 1. The zero-order chi connectivity index (χ0) is 12.1. The standard InChI is InChI=1S/C12H13IO3/c1-8(14)10(12(15)16-2)7-9-5-3-4-6-11(9)13/h3-6,10H,7H2,1-2H3/t10-/m1/s1. The molecule has 86 valence electrons. The van der Waals surface area contributed by atoms with E-state index in [-0.39, 0.29) is 5.78 Å². The van der Waals surface area contributed by atoms with Gasteiger partial charge in [0.1, 0.15) is 11.7 Å². The Morgan fingerprint density at radius 2 is 2.00 bits per heavy atom. The van der Waals surface area contributed by atoms with Crippen LogP contribution in [0.2, 0.25) is 0 Å². The smallest absolute Gasteiger partial charge is 0.316 e. The Balaban J connectivity index is 2.88. The lowest BCUT2D eigenvalue weighted by atomic mass is 9.96. The van der Waals surface area contributed by atoms with E-state index in [2.05, 4.69) is 27.3 Å². The Kier molecular flexibility index (Phi) is 4.92. The van der Waals surface area contributed by atoms with Gasteiger partial charge in [-0.15, -0.1) is 0 Å². The number of carbonyl (C=O) groups excluding carboxylic acids is 2. The second-order valence-electron chi connectivity index (χ2n) is 3.48. The normalized spacial score (nSPS) is 11.9. The van der Waals surface area contributed by atoms with Crippen LogP contribution in [0.1, 0.15) is 12.5 Å². The average molecular weight is 332 g/mol. The van der Waals surface area contributed by atoms with Crippen molar-refractivity contribution in [3.8, 4) is 0 Å². The van der Waals surface area contributed by atoms with Crippen molar-refractivity contribution in [1.82, 2.24) is 0 Å².